The van der Waals surface area contributed by atoms with Gasteiger partial charge in [0.25, 0.3) is 0 Å². The summed E-state index contributed by atoms with van der Waals surface area (Å²) in [5.41, 5.74) is 4.84. The Bertz CT molecular complexity index is 149. The first-order valence-corrected chi connectivity index (χ1v) is 2.24. The van der Waals surface area contributed by atoms with Crippen molar-refractivity contribution in [3.63, 3.8) is 0 Å². The number of aliphatic carboxylic acids is 2. The molecule has 0 aromatic carbocycles. The monoisotopic (exact) mass is 161 g/mol. The van der Waals surface area contributed by atoms with Crippen LogP contribution in [-0.2, 0) is 9.59 Å². The van der Waals surface area contributed by atoms with E-state index in [9.17, 15) is 9.59 Å². The molecule has 0 saturated carbocycles. The summed E-state index contributed by atoms with van der Waals surface area (Å²) < 4.78 is 0. The Morgan fingerprint density at radius 3 is 2.10 bits per heavy atom. The Labute approximate surface area is 79.3 Å². The number of rotatable bonds is 3. The molecule has 0 rings (SSSR count). The third kappa shape index (κ3) is 5.80. The molecule has 0 aliphatic heterocycles. The van der Waals surface area contributed by atoms with Crippen LogP contribution < -0.4 is 5.73 Å². The number of nitrogens with two attached hydrogens (primary N) is 1. The van der Waals surface area contributed by atoms with Crippen molar-refractivity contribution in [1.82, 2.24) is 0 Å². The first-order valence-electron chi connectivity index (χ1n) is 2.24. The molecule has 0 aliphatic rings. The van der Waals surface area contributed by atoms with E-state index in [0.717, 1.165) is 0 Å². The fraction of sp³-hybridized carbons (Fsp3) is 0.500. The van der Waals surface area contributed by atoms with Crippen LogP contribution in [0.1, 0.15) is 12.1 Å². The Balaban J connectivity index is -0.0000000320. The van der Waals surface area contributed by atoms with Crippen molar-refractivity contribution in [3.8, 4) is 0 Å². The van der Waals surface area contributed by atoms with E-state index in [1.165, 1.54) is 0 Å². The van der Waals surface area contributed by atoms with Crippen LogP contribution in [0.25, 0.3) is 0 Å². The molecular weight excluding hydrogens is 150 g/mol. The van der Waals surface area contributed by atoms with Gasteiger partial charge in [0.2, 0.25) is 0 Å². The van der Waals surface area contributed by atoms with Gasteiger partial charge in [-0.25, -0.2) is 0 Å². The van der Waals surface area contributed by atoms with Gasteiger partial charge in [0, 0.05) is 0 Å². The standard InChI is InChI=1S/C4H7NO4.Mg.2H/c5-2(4(8)9)1-3(6)7;;;/h2H,1,5H2,(H,6,7)(H,8,9);;;/q;+2;2*-1/p+2. The molecule has 0 bridgehead atoms. The number of carbonyl (C=O) groups is 2. The zero-order valence-electron chi connectivity index (χ0n) is 9.28. The number of carboxylic acids is 2. The van der Waals surface area contributed by atoms with Crippen molar-refractivity contribution in [2.75, 3.05) is 0 Å². The SMILES string of the molecule is NC(CC(=O)O)C(=O)O.[H+].[H+].[H-].[H-].[Mg+2]. The average molecular weight is 161 g/mol. The maximum Gasteiger partial charge on any atom is 2.00 e. The van der Waals surface area contributed by atoms with E-state index < -0.39 is 24.4 Å². The molecule has 6 heteroatoms. The second-order valence-corrected chi connectivity index (χ2v) is 1.54. The normalized spacial score (nSPS) is 11.3. The van der Waals surface area contributed by atoms with E-state index in [1.54, 1.807) is 0 Å². The minimum absolute atomic E-state index is 0. The van der Waals surface area contributed by atoms with E-state index in [2.05, 4.69) is 0 Å². The van der Waals surface area contributed by atoms with Crippen molar-refractivity contribution in [1.29, 1.82) is 0 Å². The van der Waals surface area contributed by atoms with Crippen LogP contribution in [0, 0.1) is 0 Å². The minimum atomic E-state index is -1.29. The Morgan fingerprint density at radius 1 is 1.60 bits per heavy atom. The number of carboxylic acid groups (broad SMARTS) is 2. The van der Waals surface area contributed by atoms with Crippen molar-refractivity contribution in [2.45, 2.75) is 12.5 Å². The molecule has 1 unspecified atom stereocenters. The van der Waals surface area contributed by atoms with Gasteiger partial charge in [-0.1, -0.05) is 0 Å². The molecule has 0 aliphatic carbocycles. The van der Waals surface area contributed by atoms with Gasteiger partial charge in [0.15, 0.2) is 0 Å². The first kappa shape index (κ1) is 12.4. The van der Waals surface area contributed by atoms with E-state index >= 15 is 0 Å². The van der Waals surface area contributed by atoms with Crippen LogP contribution in [-0.4, -0.2) is 51.2 Å². The summed E-state index contributed by atoms with van der Waals surface area (Å²) in [4.78, 5) is 19.6. The van der Waals surface area contributed by atoms with Crippen LogP contribution in [0.15, 0.2) is 0 Å². The summed E-state index contributed by atoms with van der Waals surface area (Å²) in [6, 6.07) is -1.29. The van der Waals surface area contributed by atoms with Gasteiger partial charge >= 0.3 is 37.8 Å². The molecule has 0 radical (unpaired) electrons. The van der Waals surface area contributed by atoms with Gasteiger partial charge in [-0.3, -0.25) is 9.59 Å². The quantitative estimate of drug-likeness (QED) is 0.458. The van der Waals surface area contributed by atoms with E-state index in [-0.39, 0.29) is 28.8 Å². The van der Waals surface area contributed by atoms with Crippen LogP contribution >= 0.6 is 0 Å². The smallest absolute Gasteiger partial charge is 1.00 e. The van der Waals surface area contributed by atoms with Crippen LogP contribution in [0.3, 0.4) is 0 Å². The van der Waals surface area contributed by atoms with Crippen molar-refractivity contribution >= 4 is 35.0 Å². The summed E-state index contributed by atoms with van der Waals surface area (Å²) in [5.74, 6) is -2.50. The Hall–Kier alpha value is -0.334. The zero-order valence-corrected chi connectivity index (χ0v) is 6.69. The molecule has 0 fully saturated rings. The summed E-state index contributed by atoms with van der Waals surface area (Å²) in [6.07, 6.45) is -0.532. The predicted octanol–water partition coefficient (Wildman–Crippen LogP) is -1.06. The molecule has 0 heterocycles. The summed E-state index contributed by atoms with van der Waals surface area (Å²) >= 11 is 0. The zero-order chi connectivity index (χ0) is 7.44. The maximum absolute atomic E-state index is 9.85. The van der Waals surface area contributed by atoms with Gasteiger partial charge in [-0.05, 0) is 0 Å². The minimum Gasteiger partial charge on any atom is -1.00 e. The molecule has 0 amide bonds. The molecule has 1 atom stereocenters. The van der Waals surface area contributed by atoms with Gasteiger partial charge in [0.05, 0.1) is 6.42 Å². The third-order valence-corrected chi connectivity index (χ3v) is 0.712. The summed E-state index contributed by atoms with van der Waals surface area (Å²) in [7, 11) is 0. The molecule has 0 spiro atoms. The van der Waals surface area contributed by atoms with Gasteiger partial charge < -0.3 is 18.8 Å². The first-order chi connectivity index (χ1) is 4.04. The topological polar surface area (TPSA) is 101 Å². The molecule has 5 nitrogen and oxygen atoms in total. The molecule has 4 N–H and O–H groups in total. The number of hydrogen-bond acceptors (Lipinski definition) is 3. The summed E-state index contributed by atoms with van der Waals surface area (Å²) in [6.45, 7) is 0. The van der Waals surface area contributed by atoms with Gasteiger partial charge in [0.1, 0.15) is 6.04 Å². The van der Waals surface area contributed by atoms with Crippen LogP contribution in [0.2, 0.25) is 0 Å². The Kier molecular flexibility index (Phi) is 6.73. The maximum atomic E-state index is 9.85. The van der Waals surface area contributed by atoms with Crippen molar-refractivity contribution in [3.05, 3.63) is 0 Å². The van der Waals surface area contributed by atoms with E-state index in [0.29, 0.717) is 0 Å². The Morgan fingerprint density at radius 2 is 2.00 bits per heavy atom. The van der Waals surface area contributed by atoms with Crippen LogP contribution in [0.4, 0.5) is 0 Å². The average Bonchev–Trinajstić information content (AvgIpc) is 1.63. The van der Waals surface area contributed by atoms with Crippen LogP contribution in [0.5, 0.6) is 0 Å². The van der Waals surface area contributed by atoms with Crippen molar-refractivity contribution < 1.29 is 25.5 Å². The molecule has 56 valence electrons. The van der Waals surface area contributed by atoms with Crippen molar-refractivity contribution in [2.24, 2.45) is 5.73 Å². The fourth-order valence-electron chi connectivity index (χ4n) is 0.275. The third-order valence-electron chi connectivity index (χ3n) is 0.712. The second kappa shape index (κ2) is 5.45. The largest absolute Gasteiger partial charge is 2.00 e. The molecule has 10 heavy (non-hydrogen) atoms. The number of hydrogen-bond donors (Lipinski definition) is 3. The van der Waals surface area contributed by atoms with Gasteiger partial charge in [-0.15, -0.1) is 0 Å². The molecule has 0 saturated heterocycles. The van der Waals surface area contributed by atoms with Gasteiger partial charge in [-0.2, -0.15) is 0 Å². The molecule has 0 aromatic heterocycles. The second-order valence-electron chi connectivity index (χ2n) is 1.54. The molecule has 0 aromatic rings. The van der Waals surface area contributed by atoms with E-state index in [4.69, 9.17) is 15.9 Å². The predicted molar refractivity (Wildman–Crippen MR) is 38.1 cm³/mol. The molecular formula is C4H11MgNO4+2. The van der Waals surface area contributed by atoms with E-state index in [1.807, 2.05) is 0 Å². The fourth-order valence-corrected chi connectivity index (χ4v) is 0.275. The summed E-state index contributed by atoms with van der Waals surface area (Å²) in [5, 5.41) is 16.0.